The molecule has 0 aliphatic carbocycles. The summed E-state index contributed by atoms with van der Waals surface area (Å²) in [6.45, 7) is 9.37. The number of nitrogens with one attached hydrogen (secondary N) is 1. The Morgan fingerprint density at radius 3 is 2.70 bits per heavy atom. The predicted molar refractivity (Wildman–Crippen MR) is 84.6 cm³/mol. The fourth-order valence-corrected chi connectivity index (χ4v) is 3.34. The number of carbonyl (C=O) groups excluding carboxylic acids is 1. The molecule has 4 heteroatoms. The van der Waals surface area contributed by atoms with E-state index in [1.54, 1.807) is 0 Å². The molecule has 0 fully saturated rings. The van der Waals surface area contributed by atoms with Crippen molar-refractivity contribution < 1.29 is 4.79 Å². The van der Waals surface area contributed by atoms with Crippen LogP contribution in [0.2, 0.25) is 0 Å². The van der Waals surface area contributed by atoms with Gasteiger partial charge in [-0.1, -0.05) is 6.07 Å². The molecule has 0 saturated carbocycles. The molecule has 0 aromatic carbocycles. The molecule has 0 atom stereocenters. The van der Waals surface area contributed by atoms with Gasteiger partial charge in [0, 0.05) is 24.0 Å². The first-order chi connectivity index (χ1) is 9.50. The molecule has 0 aliphatic heterocycles. The molecule has 2 rings (SSSR count). The second-order valence-electron chi connectivity index (χ2n) is 5.34. The first-order valence-electron chi connectivity index (χ1n) is 6.99. The van der Waals surface area contributed by atoms with E-state index in [2.05, 4.69) is 43.6 Å². The summed E-state index contributed by atoms with van der Waals surface area (Å²) in [5, 5.41) is 4.90. The molecule has 3 nitrogen and oxygen atoms in total. The van der Waals surface area contributed by atoms with Crippen LogP contribution in [0.4, 0.5) is 0 Å². The van der Waals surface area contributed by atoms with Crippen molar-refractivity contribution in [1.82, 2.24) is 9.88 Å². The number of hydrogen-bond donors (Lipinski definition) is 1. The minimum Gasteiger partial charge on any atom is -0.351 e. The highest BCUT2D eigenvalue weighted by Gasteiger charge is 2.11. The summed E-state index contributed by atoms with van der Waals surface area (Å²) in [5.41, 5.74) is 3.92. The van der Waals surface area contributed by atoms with E-state index in [9.17, 15) is 4.79 Å². The van der Waals surface area contributed by atoms with Crippen molar-refractivity contribution >= 4 is 17.2 Å². The number of amides is 1. The highest BCUT2D eigenvalue weighted by Crippen LogP contribution is 2.20. The monoisotopic (exact) mass is 290 g/mol. The Morgan fingerprint density at radius 2 is 2.15 bits per heavy atom. The Kier molecular flexibility index (Phi) is 4.65. The van der Waals surface area contributed by atoms with Crippen molar-refractivity contribution in [3.05, 3.63) is 45.4 Å². The van der Waals surface area contributed by atoms with Gasteiger partial charge in [-0.2, -0.15) is 0 Å². The molecule has 0 unspecified atom stereocenters. The van der Waals surface area contributed by atoms with Crippen molar-refractivity contribution in [3.63, 3.8) is 0 Å². The lowest BCUT2D eigenvalue weighted by Crippen LogP contribution is -2.24. The Labute approximate surface area is 124 Å². The molecule has 2 heterocycles. The number of carbonyl (C=O) groups is 1. The van der Waals surface area contributed by atoms with E-state index < -0.39 is 0 Å². The molecule has 108 valence electrons. The van der Waals surface area contributed by atoms with Crippen LogP contribution in [-0.4, -0.2) is 17.0 Å². The Bertz CT molecular complexity index is 582. The van der Waals surface area contributed by atoms with E-state index in [4.69, 9.17) is 0 Å². The first kappa shape index (κ1) is 14.9. The van der Waals surface area contributed by atoms with Crippen LogP contribution < -0.4 is 5.32 Å². The van der Waals surface area contributed by atoms with Crippen LogP contribution in [0.3, 0.4) is 0 Å². The predicted octanol–water partition coefficient (Wildman–Crippen LogP) is 3.72. The average molecular weight is 290 g/mol. The standard InChI is InChI=1S/C16H22N2OS/c1-11(2)18-12(3)10-14(13(18)4)7-8-17-16(19)15-6-5-9-20-15/h5-6,9-11H,7-8H2,1-4H3,(H,17,19). The first-order valence-corrected chi connectivity index (χ1v) is 7.87. The second-order valence-corrected chi connectivity index (χ2v) is 6.29. The number of aromatic nitrogens is 1. The Balaban J connectivity index is 1.95. The normalized spacial score (nSPS) is 11.1. The second kappa shape index (κ2) is 6.27. The fourth-order valence-electron chi connectivity index (χ4n) is 2.70. The maximum atomic E-state index is 11.9. The van der Waals surface area contributed by atoms with E-state index in [0.29, 0.717) is 12.6 Å². The van der Waals surface area contributed by atoms with Gasteiger partial charge in [0.15, 0.2) is 0 Å². The van der Waals surface area contributed by atoms with Crippen LogP contribution in [-0.2, 0) is 6.42 Å². The van der Waals surface area contributed by atoms with Gasteiger partial charge in [-0.25, -0.2) is 0 Å². The zero-order valence-corrected chi connectivity index (χ0v) is 13.4. The molecule has 0 saturated heterocycles. The Hall–Kier alpha value is -1.55. The quantitative estimate of drug-likeness (QED) is 0.894. The van der Waals surface area contributed by atoms with Crippen LogP contribution in [0, 0.1) is 13.8 Å². The smallest absolute Gasteiger partial charge is 0.261 e. The third kappa shape index (κ3) is 3.12. The molecule has 1 amide bonds. The molecule has 0 bridgehead atoms. The highest BCUT2D eigenvalue weighted by molar-refractivity contribution is 7.12. The van der Waals surface area contributed by atoms with Crippen molar-refractivity contribution in [2.24, 2.45) is 0 Å². The van der Waals surface area contributed by atoms with Crippen molar-refractivity contribution in [3.8, 4) is 0 Å². The maximum absolute atomic E-state index is 11.9. The van der Waals surface area contributed by atoms with Crippen molar-refractivity contribution in [1.29, 1.82) is 0 Å². The third-order valence-electron chi connectivity index (χ3n) is 3.53. The van der Waals surface area contributed by atoms with E-state index in [1.807, 2.05) is 17.5 Å². The summed E-state index contributed by atoms with van der Waals surface area (Å²) in [6, 6.07) is 6.46. The SMILES string of the molecule is Cc1cc(CCNC(=O)c2cccs2)c(C)n1C(C)C. The fraction of sp³-hybridized carbons (Fsp3) is 0.438. The Morgan fingerprint density at radius 1 is 1.40 bits per heavy atom. The van der Waals surface area contributed by atoms with E-state index in [1.165, 1.54) is 28.3 Å². The number of nitrogens with zero attached hydrogens (tertiary/aromatic N) is 1. The highest BCUT2D eigenvalue weighted by atomic mass is 32.1. The van der Waals surface area contributed by atoms with Gasteiger partial charge >= 0.3 is 0 Å². The van der Waals surface area contributed by atoms with Gasteiger partial charge < -0.3 is 9.88 Å². The summed E-state index contributed by atoms with van der Waals surface area (Å²) < 4.78 is 2.34. The van der Waals surface area contributed by atoms with Gasteiger partial charge in [0.1, 0.15) is 0 Å². The van der Waals surface area contributed by atoms with Crippen LogP contribution in [0.25, 0.3) is 0 Å². The van der Waals surface area contributed by atoms with Gasteiger partial charge in [-0.05, 0) is 57.2 Å². The molecule has 1 N–H and O–H groups in total. The number of aryl methyl sites for hydroxylation is 1. The van der Waals surface area contributed by atoms with Gasteiger partial charge in [0.2, 0.25) is 0 Å². The lowest BCUT2D eigenvalue weighted by atomic mass is 10.2. The molecule has 0 radical (unpaired) electrons. The van der Waals surface area contributed by atoms with E-state index in [0.717, 1.165) is 11.3 Å². The molecule has 2 aromatic rings. The molecule has 0 aliphatic rings. The van der Waals surface area contributed by atoms with Gasteiger partial charge in [0.05, 0.1) is 4.88 Å². The third-order valence-corrected chi connectivity index (χ3v) is 4.40. The number of hydrogen-bond acceptors (Lipinski definition) is 2. The molecule has 0 spiro atoms. The minimum atomic E-state index is 0.0256. The van der Waals surface area contributed by atoms with Crippen LogP contribution in [0.5, 0.6) is 0 Å². The zero-order chi connectivity index (χ0) is 14.7. The molecule has 20 heavy (non-hydrogen) atoms. The summed E-state index contributed by atoms with van der Waals surface area (Å²) in [7, 11) is 0. The lowest BCUT2D eigenvalue weighted by Gasteiger charge is -2.13. The van der Waals surface area contributed by atoms with Crippen LogP contribution in [0.1, 0.15) is 46.5 Å². The average Bonchev–Trinajstić information content (AvgIpc) is 2.98. The van der Waals surface area contributed by atoms with Crippen LogP contribution >= 0.6 is 11.3 Å². The molecule has 2 aromatic heterocycles. The summed E-state index contributed by atoms with van der Waals surface area (Å²) in [5.74, 6) is 0.0256. The summed E-state index contributed by atoms with van der Waals surface area (Å²) in [6.07, 6.45) is 0.878. The number of rotatable bonds is 5. The topological polar surface area (TPSA) is 34.0 Å². The minimum absolute atomic E-state index is 0.0256. The zero-order valence-electron chi connectivity index (χ0n) is 12.6. The molecular weight excluding hydrogens is 268 g/mol. The van der Waals surface area contributed by atoms with Gasteiger partial charge in [-0.15, -0.1) is 11.3 Å². The van der Waals surface area contributed by atoms with Gasteiger partial charge in [-0.3, -0.25) is 4.79 Å². The summed E-state index contributed by atoms with van der Waals surface area (Å²) >= 11 is 1.47. The van der Waals surface area contributed by atoms with Crippen molar-refractivity contribution in [2.75, 3.05) is 6.54 Å². The van der Waals surface area contributed by atoms with Crippen LogP contribution in [0.15, 0.2) is 23.6 Å². The van der Waals surface area contributed by atoms with Gasteiger partial charge in [0.25, 0.3) is 5.91 Å². The molecular formula is C16H22N2OS. The number of thiophene rings is 1. The lowest BCUT2D eigenvalue weighted by molar-refractivity contribution is 0.0958. The maximum Gasteiger partial charge on any atom is 0.261 e. The van der Waals surface area contributed by atoms with E-state index >= 15 is 0 Å². The largest absolute Gasteiger partial charge is 0.351 e. The van der Waals surface area contributed by atoms with Crippen molar-refractivity contribution in [2.45, 2.75) is 40.2 Å². The summed E-state index contributed by atoms with van der Waals surface area (Å²) in [4.78, 5) is 12.6. The van der Waals surface area contributed by atoms with E-state index in [-0.39, 0.29) is 5.91 Å².